The van der Waals surface area contributed by atoms with E-state index in [9.17, 15) is 19.8 Å². The van der Waals surface area contributed by atoms with Crippen molar-refractivity contribution in [3.63, 3.8) is 0 Å². The highest BCUT2D eigenvalue weighted by Gasteiger charge is 2.53. The van der Waals surface area contributed by atoms with Crippen LogP contribution in [0.15, 0.2) is 11.0 Å². The van der Waals surface area contributed by atoms with Crippen molar-refractivity contribution in [2.45, 2.75) is 111 Å². The quantitative estimate of drug-likeness (QED) is 0.344. The molecule has 0 saturated carbocycles. The van der Waals surface area contributed by atoms with Gasteiger partial charge in [-0.3, -0.25) is 9.59 Å². The predicted octanol–water partition coefficient (Wildman–Crippen LogP) is 4.48. The van der Waals surface area contributed by atoms with Crippen LogP contribution in [0.4, 0.5) is 0 Å². The first-order valence-corrected chi connectivity index (χ1v) is 13.5. The summed E-state index contributed by atoms with van der Waals surface area (Å²) in [5, 5.41) is 24.6. The van der Waals surface area contributed by atoms with Gasteiger partial charge in [0.05, 0.1) is 46.5 Å². The van der Waals surface area contributed by atoms with Crippen molar-refractivity contribution in [2.24, 2.45) is 17.3 Å². The van der Waals surface area contributed by atoms with Crippen LogP contribution in [0.3, 0.4) is 0 Å². The largest absolute Gasteiger partial charge is 0.458 e. The third kappa shape index (κ3) is 6.59. The van der Waals surface area contributed by atoms with Crippen molar-refractivity contribution < 1.29 is 29.3 Å². The summed E-state index contributed by atoms with van der Waals surface area (Å²) in [6.45, 7) is 12.8. The van der Waals surface area contributed by atoms with Crippen LogP contribution in [0.1, 0.15) is 84.3 Å². The van der Waals surface area contributed by atoms with Gasteiger partial charge in [-0.1, -0.05) is 34.1 Å². The average molecular weight is 510 g/mol. The van der Waals surface area contributed by atoms with E-state index in [0.717, 1.165) is 35.5 Å². The standard InChI is InChI=1S/C27H41NO6S/c1-15-9-8-10-27(7)22(34-27)12-20(16(2)11-19-14-35-18(4)28-19)33-23(30)13-21(29)26(5,6)25(32)17(3)24(15)31/h11,14-15,17,20-22,24,29,31H,8-10,12-13H2,1-7H3/b16-11+/t15?,17?,20?,21?,22-,24?,27+/m0/s1/i34+2. The van der Waals surface area contributed by atoms with Gasteiger partial charge in [0, 0.05) is 17.7 Å². The van der Waals surface area contributed by atoms with Crippen molar-refractivity contribution in [3.8, 4) is 0 Å². The molecule has 35 heavy (non-hydrogen) atoms. The number of aliphatic hydroxyl groups excluding tert-OH is 2. The lowest BCUT2D eigenvalue weighted by Gasteiger charge is -2.34. The number of epoxide rings is 1. The molecule has 0 aromatic carbocycles. The van der Waals surface area contributed by atoms with Crippen molar-refractivity contribution in [2.75, 3.05) is 0 Å². The van der Waals surface area contributed by atoms with Crippen molar-refractivity contribution >= 4 is 29.2 Å². The Bertz CT molecular complexity index is 955. The van der Waals surface area contributed by atoms with Crippen LogP contribution < -0.4 is 0 Å². The van der Waals surface area contributed by atoms with Gasteiger partial charge in [-0.15, -0.1) is 11.3 Å². The van der Waals surface area contributed by atoms with E-state index in [-0.39, 0.29) is 29.8 Å². The van der Waals surface area contributed by atoms with Gasteiger partial charge in [0.2, 0.25) is 0 Å². The Balaban J connectivity index is 1.85. The van der Waals surface area contributed by atoms with E-state index in [2.05, 4.69) is 11.9 Å². The van der Waals surface area contributed by atoms with Crippen molar-refractivity contribution in [1.29, 1.82) is 0 Å². The fraction of sp³-hybridized carbons (Fsp3) is 0.741. The zero-order chi connectivity index (χ0) is 26.1. The van der Waals surface area contributed by atoms with Crippen LogP contribution in [0.25, 0.3) is 6.08 Å². The number of hydrogen-bond donors (Lipinski definition) is 2. The fourth-order valence-corrected chi connectivity index (χ4v) is 5.64. The second-order valence-corrected chi connectivity index (χ2v) is 12.3. The Morgan fingerprint density at radius 2 is 1.94 bits per heavy atom. The van der Waals surface area contributed by atoms with E-state index >= 15 is 0 Å². The smallest absolute Gasteiger partial charge is 0.309 e. The average Bonchev–Trinajstić information content (AvgIpc) is 3.22. The predicted molar refractivity (Wildman–Crippen MR) is 136 cm³/mol. The summed E-state index contributed by atoms with van der Waals surface area (Å²) in [4.78, 5) is 30.6. The number of aromatic nitrogens is 1. The molecule has 2 fully saturated rings. The molecule has 8 heteroatoms. The minimum Gasteiger partial charge on any atom is -0.458 e. The summed E-state index contributed by atoms with van der Waals surface area (Å²) in [5.41, 5.74) is 0.179. The van der Waals surface area contributed by atoms with Gasteiger partial charge in [-0.25, -0.2) is 4.98 Å². The Kier molecular flexibility index (Phi) is 8.62. The minimum absolute atomic E-state index is 0.0455. The fourth-order valence-electron chi connectivity index (χ4n) is 5.07. The summed E-state index contributed by atoms with van der Waals surface area (Å²) in [5.74, 6) is -1.55. The van der Waals surface area contributed by atoms with Crippen molar-refractivity contribution in [3.05, 3.63) is 21.7 Å². The molecule has 1 aromatic heterocycles. The molecule has 7 nitrogen and oxygen atoms in total. The number of cyclic esters (lactones) is 1. The van der Waals surface area contributed by atoms with E-state index in [4.69, 9.17) is 9.47 Å². The molecule has 196 valence electrons. The number of hydrogen-bond acceptors (Lipinski definition) is 8. The van der Waals surface area contributed by atoms with Crippen LogP contribution in [0, 0.1) is 24.2 Å². The third-order valence-corrected chi connectivity index (χ3v) is 8.72. The molecule has 0 aliphatic carbocycles. The maximum Gasteiger partial charge on any atom is 0.309 e. The van der Waals surface area contributed by atoms with Crippen molar-refractivity contribution in [1.82, 2.24) is 4.98 Å². The van der Waals surface area contributed by atoms with Gasteiger partial charge in [-0.05, 0) is 51.2 Å². The number of rotatable bonds is 2. The Morgan fingerprint density at radius 1 is 1.26 bits per heavy atom. The van der Waals surface area contributed by atoms with Crippen LogP contribution in [-0.4, -0.2) is 57.0 Å². The van der Waals surface area contributed by atoms with E-state index in [0.29, 0.717) is 6.42 Å². The summed E-state index contributed by atoms with van der Waals surface area (Å²) in [7, 11) is 0. The van der Waals surface area contributed by atoms with Crippen LogP contribution in [0.5, 0.6) is 0 Å². The maximum absolute atomic E-state index is 13.2. The minimum atomic E-state index is -1.23. The monoisotopic (exact) mass is 509 g/mol. The number of carbonyl (C=O) groups excluding carboxylic acids is 2. The molecule has 5 unspecified atom stereocenters. The lowest BCUT2D eigenvalue weighted by atomic mass is 9.73. The van der Waals surface area contributed by atoms with Crippen LogP contribution in [0.2, 0.25) is 0 Å². The molecule has 2 aliphatic rings. The summed E-state index contributed by atoms with van der Waals surface area (Å²) >= 11 is 1.56. The second kappa shape index (κ2) is 10.8. The molecule has 0 spiro atoms. The maximum atomic E-state index is 13.2. The van der Waals surface area contributed by atoms with E-state index < -0.39 is 35.6 Å². The van der Waals surface area contributed by atoms with Crippen LogP contribution in [-0.2, 0) is 19.1 Å². The normalized spacial score (nSPS) is 37.5. The molecular formula is C27H41NO6S. The molecule has 7 atom stereocenters. The summed E-state index contributed by atoms with van der Waals surface area (Å²) < 4.78 is 11.9. The Morgan fingerprint density at radius 3 is 2.57 bits per heavy atom. The molecule has 2 N–H and O–H groups in total. The number of fused-ring (bicyclic) bond motifs is 1. The first kappa shape index (κ1) is 28.0. The van der Waals surface area contributed by atoms with Gasteiger partial charge in [0.1, 0.15) is 11.9 Å². The SMILES string of the molecule is C/C(=C\c1csc(C)n1)C1C[C@@H]2[18O][C@]2(C)CCCC(C)C(O)C(C)C(=O)C(C)(C)C(O)CC(=O)O1. The lowest BCUT2D eigenvalue weighted by molar-refractivity contribution is -0.154. The first-order valence-electron chi connectivity index (χ1n) is 12.6. The van der Waals surface area contributed by atoms with Gasteiger partial charge in [0.15, 0.2) is 0 Å². The number of Topliss-reactive ketones (excluding diaryl/α,β-unsaturated/α-hetero) is 1. The number of esters is 1. The molecule has 1 aromatic rings. The zero-order valence-electron chi connectivity index (χ0n) is 22.0. The number of ether oxygens (including phenoxy) is 2. The van der Waals surface area contributed by atoms with Gasteiger partial charge >= 0.3 is 5.97 Å². The topological polar surface area (TPSA) is 109 Å². The van der Waals surface area contributed by atoms with E-state index in [1.165, 1.54) is 0 Å². The van der Waals surface area contributed by atoms with E-state index in [1.54, 1.807) is 32.1 Å². The highest BCUT2D eigenvalue weighted by atomic mass is 32.1. The van der Waals surface area contributed by atoms with E-state index in [1.807, 2.05) is 32.2 Å². The number of aliphatic hydroxyl groups is 2. The Hall–Kier alpha value is -1.61. The van der Waals surface area contributed by atoms with Gasteiger partial charge in [0.25, 0.3) is 0 Å². The second-order valence-electron chi connectivity index (χ2n) is 11.3. The molecule has 3 heterocycles. The Labute approximate surface area is 212 Å². The van der Waals surface area contributed by atoms with Gasteiger partial charge in [-0.2, -0.15) is 0 Å². The summed E-state index contributed by atoms with van der Waals surface area (Å²) in [6.07, 6.45) is 1.98. The number of aryl methyl sites for hydroxylation is 1. The third-order valence-electron chi connectivity index (χ3n) is 7.93. The first-order chi connectivity index (χ1) is 16.2. The molecule has 2 aliphatic heterocycles. The van der Waals surface area contributed by atoms with Crippen LogP contribution >= 0.6 is 11.3 Å². The number of ketones is 1. The molecule has 3 rings (SSSR count). The highest BCUT2D eigenvalue weighted by Crippen LogP contribution is 2.45. The zero-order valence-corrected chi connectivity index (χ0v) is 22.9. The molecule has 0 bridgehead atoms. The highest BCUT2D eigenvalue weighted by molar-refractivity contribution is 7.09. The number of thiazole rings is 1. The molecular weight excluding hydrogens is 468 g/mol. The number of nitrogens with zero attached hydrogens (tertiary/aromatic N) is 1. The van der Waals surface area contributed by atoms with Gasteiger partial charge < -0.3 is 19.7 Å². The molecule has 0 amide bonds. The lowest BCUT2D eigenvalue weighted by Crippen LogP contribution is -2.45. The molecule has 0 radical (unpaired) electrons. The summed E-state index contributed by atoms with van der Waals surface area (Å²) in [6, 6.07) is 0. The number of carbonyl (C=O) groups is 2. The molecule has 2 saturated heterocycles.